The fourth-order valence-electron chi connectivity index (χ4n) is 1.55. The summed E-state index contributed by atoms with van der Waals surface area (Å²) in [6.07, 6.45) is 1.42. The zero-order valence-electron chi connectivity index (χ0n) is 12.3. The van der Waals surface area contributed by atoms with E-state index < -0.39 is 21.9 Å². The van der Waals surface area contributed by atoms with Gasteiger partial charge in [0.1, 0.15) is 0 Å². The quantitative estimate of drug-likeness (QED) is 0.419. The Bertz CT molecular complexity index is 674. The van der Waals surface area contributed by atoms with Crippen LogP contribution in [0.4, 0.5) is 0 Å². The maximum absolute atomic E-state index is 12.0. The molecule has 9 heteroatoms. The van der Waals surface area contributed by atoms with Crippen LogP contribution >= 0.6 is 11.8 Å². The second-order valence-electron chi connectivity index (χ2n) is 4.37. The SMILES string of the molecule is C=CCNS(=O)(=O)c1cccc(C(=O)NCCSCC(=O)O)c1. The molecule has 1 aromatic rings. The molecule has 7 nitrogen and oxygen atoms in total. The van der Waals surface area contributed by atoms with Crippen molar-refractivity contribution in [2.75, 3.05) is 24.6 Å². The molecule has 0 aliphatic heterocycles. The molecule has 0 bridgehead atoms. The Morgan fingerprint density at radius 3 is 2.74 bits per heavy atom. The molecule has 0 aromatic heterocycles. The van der Waals surface area contributed by atoms with Gasteiger partial charge in [-0.25, -0.2) is 13.1 Å². The standard InChI is InChI=1S/C14H18N2O5S2/c1-2-6-16-23(20,21)12-5-3-4-11(9-12)14(19)15-7-8-22-10-13(17)18/h2-5,9,16H,1,6-8,10H2,(H,15,19)(H,17,18). The Morgan fingerprint density at radius 1 is 1.35 bits per heavy atom. The summed E-state index contributed by atoms with van der Waals surface area (Å²) in [5, 5.41) is 11.1. The van der Waals surface area contributed by atoms with Crippen molar-refractivity contribution < 1.29 is 23.1 Å². The molecule has 1 amide bonds. The largest absolute Gasteiger partial charge is 0.481 e. The van der Waals surface area contributed by atoms with E-state index in [9.17, 15) is 18.0 Å². The zero-order valence-corrected chi connectivity index (χ0v) is 14.0. The number of rotatable bonds is 10. The number of thioether (sulfide) groups is 1. The van der Waals surface area contributed by atoms with Crippen LogP contribution in [-0.4, -0.2) is 50.0 Å². The van der Waals surface area contributed by atoms with Gasteiger partial charge in [-0.05, 0) is 18.2 Å². The van der Waals surface area contributed by atoms with Gasteiger partial charge in [0.25, 0.3) is 5.91 Å². The highest BCUT2D eigenvalue weighted by Crippen LogP contribution is 2.11. The Balaban J connectivity index is 2.63. The van der Waals surface area contributed by atoms with E-state index in [1.165, 1.54) is 42.1 Å². The topological polar surface area (TPSA) is 113 Å². The minimum absolute atomic E-state index is 0.00717. The molecule has 0 aliphatic carbocycles. The number of hydrogen-bond acceptors (Lipinski definition) is 5. The van der Waals surface area contributed by atoms with Crippen molar-refractivity contribution in [2.45, 2.75) is 4.90 Å². The molecule has 0 unspecified atom stereocenters. The number of aliphatic carboxylic acids is 1. The van der Waals surface area contributed by atoms with Crippen molar-refractivity contribution in [2.24, 2.45) is 0 Å². The zero-order chi connectivity index (χ0) is 17.3. The molecule has 0 atom stereocenters. The van der Waals surface area contributed by atoms with E-state index in [0.717, 1.165) is 0 Å². The number of amides is 1. The third kappa shape index (κ3) is 6.85. The number of sulfonamides is 1. The molecule has 0 saturated heterocycles. The molecule has 0 radical (unpaired) electrons. The van der Waals surface area contributed by atoms with Gasteiger partial charge in [-0.2, -0.15) is 0 Å². The fraction of sp³-hybridized carbons (Fsp3) is 0.286. The van der Waals surface area contributed by atoms with Gasteiger partial charge >= 0.3 is 5.97 Å². The molecule has 0 fully saturated rings. The summed E-state index contributed by atoms with van der Waals surface area (Å²) >= 11 is 1.19. The number of carbonyl (C=O) groups excluding carboxylic acids is 1. The van der Waals surface area contributed by atoms with Crippen molar-refractivity contribution in [1.29, 1.82) is 0 Å². The van der Waals surface area contributed by atoms with E-state index in [1.54, 1.807) is 0 Å². The first-order valence-corrected chi connectivity index (χ1v) is 9.29. The molecule has 126 valence electrons. The van der Waals surface area contributed by atoms with Crippen LogP contribution in [0, 0.1) is 0 Å². The fourth-order valence-corrected chi connectivity index (χ4v) is 3.16. The third-order valence-corrected chi connectivity index (χ3v) is 4.95. The van der Waals surface area contributed by atoms with E-state index in [0.29, 0.717) is 12.3 Å². The summed E-state index contributed by atoms with van der Waals surface area (Å²) in [4.78, 5) is 22.3. The lowest BCUT2D eigenvalue weighted by molar-refractivity contribution is -0.133. The predicted octanol–water partition coefficient (Wildman–Crippen LogP) is 0.698. The molecule has 0 heterocycles. The van der Waals surface area contributed by atoms with Gasteiger partial charge in [-0.3, -0.25) is 9.59 Å². The number of carboxylic acid groups (broad SMARTS) is 1. The van der Waals surface area contributed by atoms with Crippen molar-refractivity contribution in [1.82, 2.24) is 10.0 Å². The van der Waals surface area contributed by atoms with Crippen molar-refractivity contribution in [3.05, 3.63) is 42.5 Å². The monoisotopic (exact) mass is 358 g/mol. The molecule has 0 saturated carbocycles. The summed E-state index contributed by atoms with van der Waals surface area (Å²) in [6, 6.07) is 5.67. The first-order valence-electron chi connectivity index (χ1n) is 6.65. The van der Waals surface area contributed by atoms with Crippen LogP contribution in [0.5, 0.6) is 0 Å². The number of benzene rings is 1. The highest BCUT2D eigenvalue weighted by Gasteiger charge is 2.15. The summed E-state index contributed by atoms with van der Waals surface area (Å²) in [5.74, 6) is -0.900. The molecule has 0 spiro atoms. The van der Waals surface area contributed by atoms with Crippen LogP contribution in [0.25, 0.3) is 0 Å². The predicted molar refractivity (Wildman–Crippen MR) is 89.1 cm³/mol. The van der Waals surface area contributed by atoms with Gasteiger partial charge in [-0.1, -0.05) is 12.1 Å². The van der Waals surface area contributed by atoms with Crippen molar-refractivity contribution >= 4 is 33.7 Å². The van der Waals surface area contributed by atoms with Gasteiger partial charge < -0.3 is 10.4 Å². The smallest absolute Gasteiger partial charge is 0.313 e. The van der Waals surface area contributed by atoms with Gasteiger partial charge in [0.2, 0.25) is 10.0 Å². The maximum atomic E-state index is 12.0. The third-order valence-electron chi connectivity index (χ3n) is 2.58. The lowest BCUT2D eigenvalue weighted by Crippen LogP contribution is -2.27. The van der Waals surface area contributed by atoms with Crippen LogP contribution in [0.3, 0.4) is 0 Å². The molecule has 23 heavy (non-hydrogen) atoms. The lowest BCUT2D eigenvalue weighted by Gasteiger charge is -2.08. The van der Waals surface area contributed by atoms with Gasteiger partial charge in [0, 0.05) is 24.4 Å². The van der Waals surface area contributed by atoms with Crippen LogP contribution in [0.2, 0.25) is 0 Å². The second-order valence-corrected chi connectivity index (χ2v) is 7.24. The number of carbonyl (C=O) groups is 2. The summed E-state index contributed by atoms with van der Waals surface area (Å²) in [6.45, 7) is 3.82. The normalized spacial score (nSPS) is 11.0. The van der Waals surface area contributed by atoms with Crippen LogP contribution in [-0.2, 0) is 14.8 Å². The van der Waals surface area contributed by atoms with Gasteiger partial charge in [0.15, 0.2) is 0 Å². The van der Waals surface area contributed by atoms with Crippen LogP contribution in [0.15, 0.2) is 41.8 Å². The van der Waals surface area contributed by atoms with Crippen LogP contribution in [0.1, 0.15) is 10.4 Å². The van der Waals surface area contributed by atoms with E-state index in [2.05, 4.69) is 16.6 Å². The first kappa shape index (κ1) is 19.2. The summed E-state index contributed by atoms with van der Waals surface area (Å²) in [7, 11) is -3.69. The van der Waals surface area contributed by atoms with Gasteiger partial charge in [-0.15, -0.1) is 18.3 Å². The molecular weight excluding hydrogens is 340 g/mol. The summed E-state index contributed by atoms with van der Waals surface area (Å²) < 4.78 is 26.3. The molecule has 1 rings (SSSR count). The van der Waals surface area contributed by atoms with Crippen molar-refractivity contribution in [3.8, 4) is 0 Å². The van der Waals surface area contributed by atoms with Gasteiger partial charge in [0.05, 0.1) is 10.6 Å². The molecule has 3 N–H and O–H groups in total. The average molecular weight is 358 g/mol. The molecule has 1 aromatic carbocycles. The Labute approximate surface area is 139 Å². The first-order chi connectivity index (χ1) is 10.9. The second kappa shape index (κ2) is 9.33. The average Bonchev–Trinajstić information content (AvgIpc) is 2.52. The highest BCUT2D eigenvalue weighted by molar-refractivity contribution is 7.99. The number of hydrogen-bond donors (Lipinski definition) is 3. The number of carboxylic acids is 1. The van der Waals surface area contributed by atoms with E-state index in [-0.39, 0.29) is 22.8 Å². The highest BCUT2D eigenvalue weighted by atomic mass is 32.2. The molecule has 0 aliphatic rings. The van der Waals surface area contributed by atoms with E-state index in [4.69, 9.17) is 5.11 Å². The Hall–Kier alpha value is -1.84. The minimum atomic E-state index is -3.69. The number of nitrogens with one attached hydrogen (secondary N) is 2. The minimum Gasteiger partial charge on any atom is -0.481 e. The summed E-state index contributed by atoms with van der Waals surface area (Å²) in [5.41, 5.74) is 0.217. The van der Waals surface area contributed by atoms with E-state index in [1.807, 2.05) is 0 Å². The maximum Gasteiger partial charge on any atom is 0.313 e. The van der Waals surface area contributed by atoms with Crippen LogP contribution < -0.4 is 10.0 Å². The molecular formula is C14H18N2O5S2. The Morgan fingerprint density at radius 2 is 2.09 bits per heavy atom. The van der Waals surface area contributed by atoms with E-state index >= 15 is 0 Å². The lowest BCUT2D eigenvalue weighted by atomic mass is 10.2. The van der Waals surface area contributed by atoms with Crippen molar-refractivity contribution in [3.63, 3.8) is 0 Å². The Kier molecular flexibility index (Phi) is 7.79.